The van der Waals surface area contributed by atoms with E-state index in [4.69, 9.17) is 0 Å². The van der Waals surface area contributed by atoms with E-state index < -0.39 is 0 Å². The predicted molar refractivity (Wildman–Crippen MR) is 115 cm³/mol. The zero-order valence-corrected chi connectivity index (χ0v) is 15.6. The van der Waals surface area contributed by atoms with Gasteiger partial charge in [-0.25, -0.2) is 0 Å². The number of dihydropyridines is 1. The van der Waals surface area contributed by atoms with Crippen LogP contribution in [-0.2, 0) is 0 Å². The highest BCUT2D eigenvalue weighted by molar-refractivity contribution is 6.05. The molecule has 0 saturated carbocycles. The van der Waals surface area contributed by atoms with Crippen molar-refractivity contribution in [3.05, 3.63) is 101 Å². The summed E-state index contributed by atoms with van der Waals surface area (Å²) in [6.07, 6.45) is 10.1. The number of carbonyl (C=O) groups excluding carboxylic acids is 1. The minimum atomic E-state index is -0.129. The summed E-state index contributed by atoms with van der Waals surface area (Å²) in [4.78, 5) is 17.2. The number of hydrogen-bond donors (Lipinski definition) is 2. The molecule has 0 aliphatic carbocycles. The van der Waals surface area contributed by atoms with Gasteiger partial charge < -0.3 is 10.6 Å². The van der Waals surface area contributed by atoms with Crippen molar-refractivity contribution in [1.29, 1.82) is 0 Å². The number of nitrogens with one attached hydrogen (secondary N) is 2. The van der Waals surface area contributed by atoms with Crippen LogP contribution in [0.2, 0.25) is 0 Å². The summed E-state index contributed by atoms with van der Waals surface area (Å²) in [5, 5.41) is 7.15. The average Bonchev–Trinajstić information content (AvgIpc) is 2.73. The Labute approximate surface area is 164 Å². The van der Waals surface area contributed by atoms with Crippen LogP contribution in [0.5, 0.6) is 0 Å². The molecular formula is C24H21N3O. The molecule has 28 heavy (non-hydrogen) atoms. The molecule has 4 rings (SSSR count). The number of fused-ring (bicyclic) bond motifs is 1. The molecular weight excluding hydrogens is 346 g/mol. The molecule has 1 aliphatic heterocycles. The summed E-state index contributed by atoms with van der Waals surface area (Å²) >= 11 is 0. The second-order valence-electron chi connectivity index (χ2n) is 6.75. The first-order chi connectivity index (χ1) is 13.7. The van der Waals surface area contributed by atoms with E-state index in [0.717, 1.165) is 34.4 Å². The molecule has 3 aromatic rings. The van der Waals surface area contributed by atoms with Crippen LogP contribution >= 0.6 is 0 Å². The van der Waals surface area contributed by atoms with E-state index in [1.54, 1.807) is 0 Å². The van der Waals surface area contributed by atoms with Gasteiger partial charge in [-0.2, -0.15) is 0 Å². The smallest absolute Gasteiger partial charge is 0.255 e. The molecule has 1 aromatic heterocycles. The number of carbonyl (C=O) groups is 1. The van der Waals surface area contributed by atoms with Crippen molar-refractivity contribution in [2.45, 2.75) is 6.92 Å². The second kappa shape index (κ2) is 7.92. The van der Waals surface area contributed by atoms with E-state index in [-0.39, 0.29) is 5.91 Å². The fourth-order valence-corrected chi connectivity index (χ4v) is 3.09. The molecule has 0 fully saturated rings. The fourth-order valence-electron chi connectivity index (χ4n) is 3.09. The number of aryl methyl sites for hydroxylation is 1. The van der Waals surface area contributed by atoms with Crippen molar-refractivity contribution < 1.29 is 4.79 Å². The summed E-state index contributed by atoms with van der Waals surface area (Å²) < 4.78 is 0. The number of allylic oxidation sites excluding steroid dienone is 2. The Morgan fingerprint density at radius 1 is 1.11 bits per heavy atom. The Balaban J connectivity index is 1.50. The van der Waals surface area contributed by atoms with Crippen LogP contribution < -0.4 is 10.6 Å². The molecule has 0 bridgehead atoms. The second-order valence-corrected chi connectivity index (χ2v) is 6.75. The normalized spacial score (nSPS) is 13.4. The minimum absolute atomic E-state index is 0.129. The molecule has 138 valence electrons. The van der Waals surface area contributed by atoms with E-state index in [1.807, 2.05) is 79.9 Å². The van der Waals surface area contributed by atoms with Crippen LogP contribution in [0.25, 0.3) is 17.0 Å². The summed E-state index contributed by atoms with van der Waals surface area (Å²) in [5.41, 5.74) is 5.46. The fraction of sp³-hybridized carbons (Fsp3) is 0.0833. The largest absolute Gasteiger partial charge is 0.387 e. The third-order valence-corrected chi connectivity index (χ3v) is 4.56. The van der Waals surface area contributed by atoms with Crippen LogP contribution in [0.4, 0.5) is 5.69 Å². The van der Waals surface area contributed by atoms with Gasteiger partial charge in [0, 0.05) is 28.9 Å². The van der Waals surface area contributed by atoms with Gasteiger partial charge in [0.15, 0.2) is 0 Å². The lowest BCUT2D eigenvalue weighted by Gasteiger charge is -2.08. The van der Waals surface area contributed by atoms with Crippen molar-refractivity contribution in [2.75, 3.05) is 11.9 Å². The lowest BCUT2D eigenvalue weighted by molar-refractivity contribution is 0.102. The predicted octanol–water partition coefficient (Wildman–Crippen LogP) is 4.85. The lowest BCUT2D eigenvalue weighted by Crippen LogP contribution is -2.12. The molecule has 2 N–H and O–H groups in total. The molecule has 0 saturated heterocycles. The van der Waals surface area contributed by atoms with E-state index in [2.05, 4.69) is 27.8 Å². The van der Waals surface area contributed by atoms with Gasteiger partial charge in [0.05, 0.1) is 5.52 Å². The summed E-state index contributed by atoms with van der Waals surface area (Å²) in [6.45, 7) is 2.78. The first-order valence-corrected chi connectivity index (χ1v) is 9.23. The molecule has 4 nitrogen and oxygen atoms in total. The maximum absolute atomic E-state index is 12.7. The molecule has 1 amide bonds. The number of aromatic nitrogens is 1. The Hall–Kier alpha value is -3.66. The number of anilines is 1. The Bertz CT molecular complexity index is 1130. The quantitative estimate of drug-likeness (QED) is 0.693. The van der Waals surface area contributed by atoms with Crippen LogP contribution in [0.1, 0.15) is 21.6 Å². The highest BCUT2D eigenvalue weighted by atomic mass is 16.1. The summed E-state index contributed by atoms with van der Waals surface area (Å²) in [6, 6.07) is 17.3. The number of benzene rings is 2. The Morgan fingerprint density at radius 2 is 2.04 bits per heavy atom. The van der Waals surface area contributed by atoms with Crippen molar-refractivity contribution in [1.82, 2.24) is 10.3 Å². The van der Waals surface area contributed by atoms with Crippen LogP contribution in [-0.4, -0.2) is 17.4 Å². The average molecular weight is 367 g/mol. The van der Waals surface area contributed by atoms with Gasteiger partial charge in [-0.15, -0.1) is 0 Å². The Kier molecular flexibility index (Phi) is 5.02. The van der Waals surface area contributed by atoms with Gasteiger partial charge in [-0.3, -0.25) is 9.78 Å². The number of hydrogen-bond acceptors (Lipinski definition) is 3. The van der Waals surface area contributed by atoms with Gasteiger partial charge in [0.25, 0.3) is 5.91 Å². The number of amides is 1. The van der Waals surface area contributed by atoms with Crippen LogP contribution in [0.15, 0.2) is 84.6 Å². The van der Waals surface area contributed by atoms with Crippen molar-refractivity contribution >= 4 is 28.6 Å². The number of rotatable bonds is 4. The topological polar surface area (TPSA) is 54.0 Å². The zero-order valence-electron chi connectivity index (χ0n) is 15.6. The first kappa shape index (κ1) is 17.7. The highest BCUT2D eigenvalue weighted by Gasteiger charge is 2.07. The van der Waals surface area contributed by atoms with Crippen LogP contribution in [0, 0.1) is 6.92 Å². The SMILES string of the molecule is Cc1ccc2cc(NC(=O)c3cccc(/C=C/C4=CC=CNC4)c3)ccc2n1. The van der Waals surface area contributed by atoms with Gasteiger partial charge in [0.2, 0.25) is 0 Å². The maximum atomic E-state index is 12.7. The van der Waals surface area contributed by atoms with Crippen LogP contribution in [0.3, 0.4) is 0 Å². The third kappa shape index (κ3) is 4.18. The van der Waals surface area contributed by atoms with E-state index in [9.17, 15) is 4.79 Å². The maximum Gasteiger partial charge on any atom is 0.255 e. The lowest BCUT2D eigenvalue weighted by atomic mass is 10.1. The molecule has 0 atom stereocenters. The van der Waals surface area contributed by atoms with Gasteiger partial charge in [0.1, 0.15) is 0 Å². The van der Waals surface area contributed by atoms with Gasteiger partial charge in [-0.05, 0) is 66.7 Å². The van der Waals surface area contributed by atoms with Crippen molar-refractivity contribution in [2.24, 2.45) is 0 Å². The Morgan fingerprint density at radius 3 is 2.89 bits per heavy atom. The van der Waals surface area contributed by atoms with Crippen molar-refractivity contribution in [3.8, 4) is 0 Å². The minimum Gasteiger partial charge on any atom is -0.387 e. The zero-order chi connectivity index (χ0) is 19.3. The van der Waals surface area contributed by atoms with Gasteiger partial charge in [-0.1, -0.05) is 36.4 Å². The third-order valence-electron chi connectivity index (χ3n) is 4.56. The molecule has 0 spiro atoms. The van der Waals surface area contributed by atoms with E-state index in [1.165, 1.54) is 5.57 Å². The number of nitrogens with zero attached hydrogens (tertiary/aromatic N) is 1. The molecule has 1 aliphatic rings. The monoisotopic (exact) mass is 367 g/mol. The van der Waals surface area contributed by atoms with E-state index in [0.29, 0.717) is 5.56 Å². The summed E-state index contributed by atoms with van der Waals surface area (Å²) in [5.74, 6) is -0.129. The highest BCUT2D eigenvalue weighted by Crippen LogP contribution is 2.19. The molecule has 0 radical (unpaired) electrons. The van der Waals surface area contributed by atoms with E-state index >= 15 is 0 Å². The first-order valence-electron chi connectivity index (χ1n) is 9.23. The molecule has 0 unspecified atom stereocenters. The number of pyridine rings is 1. The van der Waals surface area contributed by atoms with Gasteiger partial charge >= 0.3 is 0 Å². The molecule has 4 heteroatoms. The standard InChI is InChI=1S/C24H21N3O/c1-17-7-10-20-15-22(11-12-23(20)26-17)27-24(28)21-6-2-4-18(14-21)8-9-19-5-3-13-25-16-19/h2-15,25H,16H2,1H3,(H,27,28)/b9-8+. The molecule has 2 heterocycles. The summed E-state index contributed by atoms with van der Waals surface area (Å²) in [7, 11) is 0. The van der Waals surface area contributed by atoms with Crippen molar-refractivity contribution in [3.63, 3.8) is 0 Å². The molecule has 2 aromatic carbocycles.